The first-order chi connectivity index (χ1) is 11.8. The molecule has 4 rings (SSSR count). The van der Waals surface area contributed by atoms with Gasteiger partial charge in [-0.3, -0.25) is 9.78 Å². The number of benzene rings is 2. The van der Waals surface area contributed by atoms with E-state index in [1.807, 2.05) is 48.7 Å². The van der Waals surface area contributed by atoms with Crippen molar-refractivity contribution in [2.75, 3.05) is 5.32 Å². The van der Waals surface area contributed by atoms with E-state index in [2.05, 4.69) is 15.4 Å². The van der Waals surface area contributed by atoms with Crippen molar-refractivity contribution in [3.8, 4) is 5.69 Å². The average molecular weight is 314 g/mol. The molecular formula is C19H14N4O. The van der Waals surface area contributed by atoms with E-state index < -0.39 is 0 Å². The van der Waals surface area contributed by atoms with Crippen molar-refractivity contribution in [1.82, 2.24) is 14.8 Å². The molecule has 0 spiro atoms. The Hall–Kier alpha value is -3.47. The van der Waals surface area contributed by atoms with Crippen LogP contribution in [-0.2, 0) is 0 Å². The maximum absolute atomic E-state index is 12.5. The summed E-state index contributed by atoms with van der Waals surface area (Å²) in [5.74, 6) is -0.238. The summed E-state index contributed by atoms with van der Waals surface area (Å²) >= 11 is 0. The highest BCUT2D eigenvalue weighted by atomic mass is 16.1. The lowest BCUT2D eigenvalue weighted by molar-refractivity contribution is 0.102. The van der Waals surface area contributed by atoms with Crippen LogP contribution in [0.3, 0.4) is 0 Å². The second-order valence-electron chi connectivity index (χ2n) is 5.30. The number of anilines is 1. The minimum absolute atomic E-state index is 0.238. The van der Waals surface area contributed by atoms with Gasteiger partial charge in [-0.25, -0.2) is 4.68 Å². The standard InChI is InChI=1S/C19H14N4O/c24-19(16-8-1-2-11-20-16)22-15-9-3-6-14-7-4-10-17(18(14)15)23-13-5-12-21-23/h1-13H,(H,22,24). The van der Waals surface area contributed by atoms with Gasteiger partial charge in [0.05, 0.1) is 11.4 Å². The zero-order valence-electron chi connectivity index (χ0n) is 12.8. The van der Waals surface area contributed by atoms with Crippen LogP contribution in [0.25, 0.3) is 16.5 Å². The van der Waals surface area contributed by atoms with E-state index in [0.717, 1.165) is 22.1 Å². The fourth-order valence-electron chi connectivity index (χ4n) is 2.71. The van der Waals surface area contributed by atoms with E-state index in [1.165, 1.54) is 0 Å². The van der Waals surface area contributed by atoms with E-state index in [-0.39, 0.29) is 5.91 Å². The number of carbonyl (C=O) groups is 1. The first-order valence-electron chi connectivity index (χ1n) is 7.57. The van der Waals surface area contributed by atoms with Gasteiger partial charge in [0.25, 0.3) is 5.91 Å². The molecule has 0 bridgehead atoms. The molecule has 2 aromatic heterocycles. The van der Waals surface area contributed by atoms with Crippen LogP contribution in [0, 0.1) is 0 Å². The molecular weight excluding hydrogens is 300 g/mol. The predicted octanol–water partition coefficient (Wildman–Crippen LogP) is 3.67. The Morgan fingerprint density at radius 2 is 1.79 bits per heavy atom. The first kappa shape index (κ1) is 14.1. The summed E-state index contributed by atoms with van der Waals surface area (Å²) in [6.45, 7) is 0. The zero-order chi connectivity index (χ0) is 16.4. The molecule has 0 aliphatic carbocycles. The average Bonchev–Trinajstić information content (AvgIpc) is 3.17. The van der Waals surface area contributed by atoms with Crippen molar-refractivity contribution >= 4 is 22.4 Å². The molecule has 0 radical (unpaired) electrons. The molecule has 0 aliphatic heterocycles. The third kappa shape index (κ3) is 2.52. The van der Waals surface area contributed by atoms with Gasteiger partial charge in [0.2, 0.25) is 0 Å². The van der Waals surface area contributed by atoms with Crippen LogP contribution in [0.5, 0.6) is 0 Å². The van der Waals surface area contributed by atoms with E-state index in [9.17, 15) is 4.79 Å². The van der Waals surface area contributed by atoms with Crippen molar-refractivity contribution in [2.24, 2.45) is 0 Å². The fourth-order valence-corrected chi connectivity index (χ4v) is 2.71. The van der Waals surface area contributed by atoms with Gasteiger partial charge in [-0.15, -0.1) is 0 Å². The lowest BCUT2D eigenvalue weighted by Crippen LogP contribution is -2.14. The Labute approximate surface area is 138 Å². The molecule has 0 saturated carbocycles. The number of hydrogen-bond acceptors (Lipinski definition) is 3. The quantitative estimate of drug-likeness (QED) is 0.627. The fraction of sp³-hybridized carbons (Fsp3) is 0. The summed E-state index contributed by atoms with van der Waals surface area (Å²) in [6.07, 6.45) is 5.22. The molecule has 4 aromatic rings. The lowest BCUT2D eigenvalue weighted by atomic mass is 10.1. The Kier molecular flexibility index (Phi) is 3.51. The predicted molar refractivity (Wildman–Crippen MR) is 93.3 cm³/mol. The maximum Gasteiger partial charge on any atom is 0.274 e. The molecule has 1 N–H and O–H groups in total. The lowest BCUT2D eigenvalue weighted by Gasteiger charge is -2.12. The van der Waals surface area contributed by atoms with E-state index >= 15 is 0 Å². The van der Waals surface area contributed by atoms with Crippen LogP contribution in [0.4, 0.5) is 5.69 Å². The number of amides is 1. The smallest absolute Gasteiger partial charge is 0.274 e. The van der Waals surface area contributed by atoms with Crippen LogP contribution in [0.2, 0.25) is 0 Å². The van der Waals surface area contributed by atoms with Crippen LogP contribution in [0.15, 0.2) is 79.3 Å². The van der Waals surface area contributed by atoms with Gasteiger partial charge in [-0.1, -0.05) is 30.3 Å². The zero-order valence-corrected chi connectivity index (χ0v) is 12.8. The number of nitrogens with one attached hydrogen (secondary N) is 1. The maximum atomic E-state index is 12.5. The normalized spacial score (nSPS) is 10.7. The second kappa shape index (κ2) is 5.96. The number of carbonyl (C=O) groups excluding carboxylic acids is 1. The third-order valence-electron chi connectivity index (χ3n) is 3.78. The molecule has 5 heteroatoms. The largest absolute Gasteiger partial charge is 0.320 e. The van der Waals surface area contributed by atoms with Crippen LogP contribution >= 0.6 is 0 Å². The summed E-state index contributed by atoms with van der Waals surface area (Å²) in [6, 6.07) is 18.9. The monoisotopic (exact) mass is 314 g/mol. The van der Waals surface area contributed by atoms with Crippen molar-refractivity contribution in [3.05, 3.63) is 84.9 Å². The molecule has 2 heterocycles. The molecule has 0 unspecified atom stereocenters. The topological polar surface area (TPSA) is 59.8 Å². The minimum atomic E-state index is -0.238. The van der Waals surface area contributed by atoms with Gasteiger partial charge in [0, 0.05) is 24.0 Å². The van der Waals surface area contributed by atoms with Gasteiger partial charge < -0.3 is 5.32 Å². The number of nitrogens with zero attached hydrogens (tertiary/aromatic N) is 3. The Morgan fingerprint density at radius 3 is 2.54 bits per heavy atom. The van der Waals surface area contributed by atoms with Crippen molar-refractivity contribution < 1.29 is 4.79 Å². The summed E-state index contributed by atoms with van der Waals surface area (Å²) in [5.41, 5.74) is 2.02. The highest BCUT2D eigenvalue weighted by Crippen LogP contribution is 2.29. The molecule has 0 atom stereocenters. The number of aromatic nitrogens is 3. The van der Waals surface area contributed by atoms with E-state index in [0.29, 0.717) is 5.69 Å². The summed E-state index contributed by atoms with van der Waals surface area (Å²) in [4.78, 5) is 16.6. The Bertz CT molecular complexity index is 989. The summed E-state index contributed by atoms with van der Waals surface area (Å²) in [5, 5.41) is 9.24. The summed E-state index contributed by atoms with van der Waals surface area (Å²) < 4.78 is 1.79. The molecule has 116 valence electrons. The Balaban J connectivity index is 1.83. The van der Waals surface area contributed by atoms with E-state index in [4.69, 9.17) is 0 Å². The van der Waals surface area contributed by atoms with Crippen LogP contribution in [0.1, 0.15) is 10.5 Å². The minimum Gasteiger partial charge on any atom is -0.320 e. The van der Waals surface area contributed by atoms with Gasteiger partial charge in [-0.2, -0.15) is 5.10 Å². The number of fused-ring (bicyclic) bond motifs is 1. The van der Waals surface area contributed by atoms with Crippen LogP contribution in [-0.4, -0.2) is 20.7 Å². The molecule has 5 nitrogen and oxygen atoms in total. The Morgan fingerprint density at radius 1 is 0.917 bits per heavy atom. The number of pyridine rings is 1. The third-order valence-corrected chi connectivity index (χ3v) is 3.78. The van der Waals surface area contributed by atoms with E-state index in [1.54, 1.807) is 35.3 Å². The molecule has 0 aliphatic rings. The highest BCUT2D eigenvalue weighted by molar-refractivity contribution is 6.10. The highest BCUT2D eigenvalue weighted by Gasteiger charge is 2.12. The number of hydrogen-bond donors (Lipinski definition) is 1. The molecule has 24 heavy (non-hydrogen) atoms. The molecule has 2 aromatic carbocycles. The van der Waals surface area contributed by atoms with Gasteiger partial charge >= 0.3 is 0 Å². The molecule has 1 amide bonds. The summed E-state index contributed by atoms with van der Waals surface area (Å²) in [7, 11) is 0. The van der Waals surface area contributed by atoms with Gasteiger partial charge in [0.1, 0.15) is 5.69 Å². The van der Waals surface area contributed by atoms with Gasteiger partial charge in [-0.05, 0) is 35.7 Å². The van der Waals surface area contributed by atoms with Crippen molar-refractivity contribution in [2.45, 2.75) is 0 Å². The SMILES string of the molecule is O=C(Nc1cccc2cccc(-n3cccn3)c12)c1ccccn1. The first-order valence-corrected chi connectivity index (χ1v) is 7.57. The second-order valence-corrected chi connectivity index (χ2v) is 5.30. The molecule has 0 saturated heterocycles. The number of rotatable bonds is 3. The van der Waals surface area contributed by atoms with Crippen molar-refractivity contribution in [3.63, 3.8) is 0 Å². The van der Waals surface area contributed by atoms with Gasteiger partial charge in [0.15, 0.2) is 0 Å². The molecule has 0 fully saturated rings. The van der Waals surface area contributed by atoms with Crippen molar-refractivity contribution in [1.29, 1.82) is 0 Å². The van der Waals surface area contributed by atoms with Crippen LogP contribution < -0.4 is 5.32 Å².